The molecule has 6 nitrogen and oxygen atoms in total. The summed E-state index contributed by atoms with van der Waals surface area (Å²) in [6, 6.07) is 7.11. The van der Waals surface area contributed by atoms with E-state index in [9.17, 15) is 13.6 Å². The van der Waals surface area contributed by atoms with E-state index in [1.165, 1.54) is 30.4 Å². The SMILES string of the molecule is CCSNc1ccc(F)c(NC(=O)c2cccc3c(N)ncnc23)c1F. The van der Waals surface area contributed by atoms with Gasteiger partial charge in [0.1, 0.15) is 23.6 Å². The minimum atomic E-state index is -0.881. The summed E-state index contributed by atoms with van der Waals surface area (Å²) in [7, 11) is 0. The van der Waals surface area contributed by atoms with Crippen molar-refractivity contribution in [1.29, 1.82) is 0 Å². The van der Waals surface area contributed by atoms with Crippen molar-refractivity contribution >= 4 is 46.0 Å². The van der Waals surface area contributed by atoms with Gasteiger partial charge in [-0.1, -0.05) is 24.9 Å². The fourth-order valence-electron chi connectivity index (χ4n) is 2.37. The molecular formula is C17H15F2N5OS. The zero-order valence-electron chi connectivity index (χ0n) is 13.7. The molecule has 3 aromatic rings. The van der Waals surface area contributed by atoms with E-state index in [1.54, 1.807) is 12.1 Å². The number of carbonyl (C=O) groups excluding carboxylic acids is 1. The first-order valence-electron chi connectivity index (χ1n) is 7.69. The van der Waals surface area contributed by atoms with E-state index in [4.69, 9.17) is 5.73 Å². The van der Waals surface area contributed by atoms with E-state index in [2.05, 4.69) is 20.0 Å². The van der Waals surface area contributed by atoms with Crippen LogP contribution in [0.4, 0.5) is 26.0 Å². The molecule has 0 saturated heterocycles. The van der Waals surface area contributed by atoms with Gasteiger partial charge in [0.05, 0.1) is 16.8 Å². The third-order valence-corrected chi connectivity index (χ3v) is 4.25. The number of carbonyl (C=O) groups is 1. The maximum Gasteiger partial charge on any atom is 0.258 e. The average Bonchev–Trinajstić information content (AvgIpc) is 2.64. The molecule has 26 heavy (non-hydrogen) atoms. The van der Waals surface area contributed by atoms with Crippen molar-refractivity contribution in [1.82, 2.24) is 9.97 Å². The highest BCUT2D eigenvalue weighted by atomic mass is 32.2. The number of fused-ring (bicyclic) bond motifs is 1. The van der Waals surface area contributed by atoms with Crippen LogP contribution in [0.5, 0.6) is 0 Å². The van der Waals surface area contributed by atoms with Crippen LogP contribution in [0.1, 0.15) is 17.3 Å². The third kappa shape index (κ3) is 3.38. The largest absolute Gasteiger partial charge is 0.383 e. The Morgan fingerprint density at radius 1 is 1.23 bits per heavy atom. The molecule has 0 unspecified atom stereocenters. The Hall–Kier alpha value is -2.94. The maximum atomic E-state index is 14.5. The first-order valence-corrected chi connectivity index (χ1v) is 8.67. The van der Waals surface area contributed by atoms with Gasteiger partial charge in [-0.15, -0.1) is 0 Å². The van der Waals surface area contributed by atoms with Crippen molar-refractivity contribution < 1.29 is 13.6 Å². The van der Waals surface area contributed by atoms with Crippen LogP contribution in [-0.4, -0.2) is 21.6 Å². The summed E-state index contributed by atoms with van der Waals surface area (Å²) in [5.41, 5.74) is 5.76. The number of nitrogens with zero attached hydrogens (tertiary/aromatic N) is 2. The van der Waals surface area contributed by atoms with Gasteiger partial charge in [-0.25, -0.2) is 18.7 Å². The summed E-state index contributed by atoms with van der Waals surface area (Å²) in [5, 5.41) is 2.77. The first-order chi connectivity index (χ1) is 12.5. The monoisotopic (exact) mass is 375 g/mol. The van der Waals surface area contributed by atoms with Crippen LogP contribution in [0.25, 0.3) is 10.9 Å². The van der Waals surface area contributed by atoms with Gasteiger partial charge in [0.2, 0.25) is 0 Å². The van der Waals surface area contributed by atoms with Crippen LogP contribution in [0.3, 0.4) is 0 Å². The van der Waals surface area contributed by atoms with Crippen LogP contribution in [0, 0.1) is 11.6 Å². The van der Waals surface area contributed by atoms with Crippen LogP contribution in [-0.2, 0) is 0 Å². The van der Waals surface area contributed by atoms with Crippen molar-refractivity contribution in [2.24, 2.45) is 0 Å². The Bertz CT molecular complexity index is 983. The number of para-hydroxylation sites is 1. The molecule has 0 fully saturated rings. The topological polar surface area (TPSA) is 92.9 Å². The van der Waals surface area contributed by atoms with E-state index in [0.717, 1.165) is 6.07 Å². The highest BCUT2D eigenvalue weighted by Gasteiger charge is 2.19. The molecule has 0 radical (unpaired) electrons. The number of benzene rings is 2. The second-order valence-electron chi connectivity index (χ2n) is 5.23. The first kappa shape index (κ1) is 17.9. The van der Waals surface area contributed by atoms with Gasteiger partial charge in [-0.05, 0) is 24.3 Å². The Morgan fingerprint density at radius 2 is 2.04 bits per heavy atom. The van der Waals surface area contributed by atoms with Gasteiger partial charge in [0.15, 0.2) is 5.82 Å². The smallest absolute Gasteiger partial charge is 0.258 e. The molecule has 3 rings (SSSR count). The summed E-state index contributed by atoms with van der Waals surface area (Å²) in [6.45, 7) is 1.88. The molecule has 1 amide bonds. The Labute approximate surface area is 152 Å². The Morgan fingerprint density at radius 3 is 2.81 bits per heavy atom. The predicted molar refractivity (Wildman–Crippen MR) is 100 cm³/mol. The minimum absolute atomic E-state index is 0.0815. The van der Waals surface area contributed by atoms with E-state index >= 15 is 0 Å². The van der Waals surface area contributed by atoms with E-state index < -0.39 is 23.2 Å². The number of nitrogen functional groups attached to an aromatic ring is 1. The second-order valence-corrected chi connectivity index (χ2v) is 6.30. The van der Waals surface area contributed by atoms with Gasteiger partial charge < -0.3 is 15.8 Å². The number of amides is 1. The standard InChI is InChI=1S/C17H15F2N5OS/c1-2-26-24-12-7-6-11(18)15(13(12)19)23-17(25)10-5-3-4-9-14(10)21-8-22-16(9)20/h3-8,24H,2H2,1H3,(H,23,25)(H2,20,21,22). The number of nitrogens with one attached hydrogen (secondary N) is 2. The van der Waals surface area contributed by atoms with Gasteiger partial charge in [-0.2, -0.15) is 0 Å². The lowest BCUT2D eigenvalue weighted by Crippen LogP contribution is -2.16. The molecule has 0 atom stereocenters. The summed E-state index contributed by atoms with van der Waals surface area (Å²) >= 11 is 1.25. The molecule has 0 aliphatic rings. The molecule has 9 heteroatoms. The van der Waals surface area contributed by atoms with Gasteiger partial charge >= 0.3 is 0 Å². The van der Waals surface area contributed by atoms with Crippen molar-refractivity contribution in [3.8, 4) is 0 Å². The highest BCUT2D eigenvalue weighted by Crippen LogP contribution is 2.29. The molecule has 134 valence electrons. The number of rotatable bonds is 5. The average molecular weight is 375 g/mol. The maximum absolute atomic E-state index is 14.5. The van der Waals surface area contributed by atoms with E-state index in [1.807, 2.05) is 6.92 Å². The van der Waals surface area contributed by atoms with Crippen molar-refractivity contribution in [2.75, 3.05) is 21.5 Å². The summed E-state index contributed by atoms with van der Waals surface area (Å²) < 4.78 is 31.4. The molecule has 1 heterocycles. The molecule has 1 aromatic heterocycles. The van der Waals surface area contributed by atoms with Gasteiger partial charge in [0, 0.05) is 11.1 Å². The lowest BCUT2D eigenvalue weighted by molar-refractivity contribution is 0.102. The van der Waals surface area contributed by atoms with E-state index in [-0.39, 0.29) is 17.1 Å². The number of hydrogen-bond donors (Lipinski definition) is 3. The second kappa shape index (κ2) is 7.52. The molecule has 0 aliphatic heterocycles. The van der Waals surface area contributed by atoms with Crippen LogP contribution in [0.15, 0.2) is 36.7 Å². The van der Waals surface area contributed by atoms with Crippen LogP contribution >= 0.6 is 11.9 Å². The Balaban J connectivity index is 1.98. The zero-order valence-corrected chi connectivity index (χ0v) is 14.5. The quantitative estimate of drug-likeness (QED) is 0.587. The lowest BCUT2D eigenvalue weighted by Gasteiger charge is -2.12. The molecule has 0 bridgehead atoms. The number of aromatic nitrogens is 2. The molecule has 0 saturated carbocycles. The summed E-state index contributed by atoms with van der Waals surface area (Å²) in [4.78, 5) is 20.5. The molecule has 0 aliphatic carbocycles. The van der Waals surface area contributed by atoms with E-state index in [0.29, 0.717) is 16.7 Å². The minimum Gasteiger partial charge on any atom is -0.383 e. The normalized spacial score (nSPS) is 10.7. The molecule has 4 N–H and O–H groups in total. The van der Waals surface area contributed by atoms with Gasteiger partial charge in [-0.3, -0.25) is 4.79 Å². The van der Waals surface area contributed by atoms with Crippen LogP contribution < -0.4 is 15.8 Å². The summed E-state index contributed by atoms with van der Waals surface area (Å²) in [5.74, 6) is -1.56. The predicted octanol–water partition coefficient (Wildman–Crippen LogP) is 3.82. The van der Waals surface area contributed by atoms with Gasteiger partial charge in [0.25, 0.3) is 5.91 Å². The van der Waals surface area contributed by atoms with Crippen molar-refractivity contribution in [3.05, 3.63) is 53.9 Å². The lowest BCUT2D eigenvalue weighted by atomic mass is 10.1. The molecular weight excluding hydrogens is 360 g/mol. The third-order valence-electron chi connectivity index (χ3n) is 3.60. The fraction of sp³-hybridized carbons (Fsp3) is 0.118. The fourth-order valence-corrected chi connectivity index (χ4v) is 2.83. The molecule has 2 aromatic carbocycles. The van der Waals surface area contributed by atoms with Crippen molar-refractivity contribution in [3.63, 3.8) is 0 Å². The highest BCUT2D eigenvalue weighted by molar-refractivity contribution is 8.00. The van der Waals surface area contributed by atoms with Crippen molar-refractivity contribution in [2.45, 2.75) is 6.92 Å². The number of nitrogens with two attached hydrogens (primary N) is 1. The number of hydrogen-bond acceptors (Lipinski definition) is 6. The van der Waals surface area contributed by atoms with Crippen LogP contribution in [0.2, 0.25) is 0 Å². The summed E-state index contributed by atoms with van der Waals surface area (Å²) in [6.07, 6.45) is 1.22. The molecule has 0 spiro atoms. The number of anilines is 3. The Kier molecular flexibility index (Phi) is 5.17. The zero-order chi connectivity index (χ0) is 18.7. The number of halogens is 2.